The molecule has 2 aromatic carbocycles. The van der Waals surface area contributed by atoms with Gasteiger partial charge in [-0.25, -0.2) is 0 Å². The third-order valence-corrected chi connectivity index (χ3v) is 3.77. The van der Waals surface area contributed by atoms with Crippen LogP contribution in [0.5, 0.6) is 0 Å². The van der Waals surface area contributed by atoms with Crippen LogP contribution in [0.1, 0.15) is 28.2 Å². The van der Waals surface area contributed by atoms with Gasteiger partial charge in [-0.3, -0.25) is 0 Å². The molecule has 0 saturated heterocycles. The number of benzene rings is 2. The van der Waals surface area contributed by atoms with Gasteiger partial charge in [0.1, 0.15) is 0 Å². The normalized spacial score (nSPS) is 12.4. The average molecular weight is 274 g/mol. The zero-order valence-electron chi connectivity index (χ0n) is 11.5. The minimum Gasteiger partial charge on any atom is -0.330 e. The van der Waals surface area contributed by atoms with Crippen LogP contribution >= 0.6 is 11.6 Å². The van der Waals surface area contributed by atoms with E-state index in [1.165, 1.54) is 22.3 Å². The summed E-state index contributed by atoms with van der Waals surface area (Å²) >= 11 is 6.04. The van der Waals surface area contributed by atoms with E-state index in [2.05, 4.69) is 38.1 Å². The highest BCUT2D eigenvalue weighted by atomic mass is 35.5. The predicted molar refractivity (Wildman–Crippen MR) is 82.9 cm³/mol. The van der Waals surface area contributed by atoms with Crippen LogP contribution in [0.3, 0.4) is 0 Å². The fourth-order valence-electron chi connectivity index (χ4n) is 2.47. The van der Waals surface area contributed by atoms with Gasteiger partial charge in [0.2, 0.25) is 0 Å². The van der Waals surface area contributed by atoms with E-state index < -0.39 is 0 Å². The molecule has 0 aliphatic heterocycles. The average Bonchev–Trinajstić information content (AvgIpc) is 2.39. The number of nitrogens with two attached hydrogens (primary N) is 1. The molecule has 2 aromatic rings. The van der Waals surface area contributed by atoms with Gasteiger partial charge < -0.3 is 5.73 Å². The maximum atomic E-state index is 6.04. The summed E-state index contributed by atoms with van der Waals surface area (Å²) in [4.78, 5) is 0. The van der Waals surface area contributed by atoms with Gasteiger partial charge in [0, 0.05) is 10.9 Å². The predicted octanol–water partition coefficient (Wildman–Crippen LogP) is 4.24. The monoisotopic (exact) mass is 273 g/mol. The molecule has 0 aliphatic carbocycles. The minimum atomic E-state index is 0.346. The first kappa shape index (κ1) is 14.1. The van der Waals surface area contributed by atoms with E-state index >= 15 is 0 Å². The van der Waals surface area contributed by atoms with Crippen molar-refractivity contribution < 1.29 is 0 Å². The fourth-order valence-corrected chi connectivity index (χ4v) is 2.68. The Hall–Kier alpha value is -1.31. The Morgan fingerprint density at radius 2 is 1.89 bits per heavy atom. The summed E-state index contributed by atoms with van der Waals surface area (Å²) in [7, 11) is 0. The minimum absolute atomic E-state index is 0.346. The molecule has 0 amide bonds. The van der Waals surface area contributed by atoms with Crippen molar-refractivity contribution in [2.45, 2.75) is 26.2 Å². The standard InChI is InChI=1S/C17H20ClN/c1-12-6-7-13(2)17(8-12)15(11-19)9-14-4-3-5-16(18)10-14/h3-8,10,15H,9,11,19H2,1-2H3. The summed E-state index contributed by atoms with van der Waals surface area (Å²) in [5, 5.41) is 0.786. The molecule has 0 heterocycles. The van der Waals surface area contributed by atoms with E-state index in [0.29, 0.717) is 12.5 Å². The molecule has 2 heteroatoms. The molecule has 0 bridgehead atoms. The molecule has 0 fully saturated rings. The fraction of sp³-hybridized carbons (Fsp3) is 0.294. The highest BCUT2D eigenvalue weighted by Gasteiger charge is 2.13. The first-order valence-electron chi connectivity index (χ1n) is 6.62. The van der Waals surface area contributed by atoms with E-state index in [4.69, 9.17) is 17.3 Å². The van der Waals surface area contributed by atoms with Crippen molar-refractivity contribution in [1.29, 1.82) is 0 Å². The number of aryl methyl sites for hydroxylation is 2. The van der Waals surface area contributed by atoms with Crippen LogP contribution in [-0.2, 0) is 6.42 Å². The Morgan fingerprint density at radius 3 is 2.58 bits per heavy atom. The summed E-state index contributed by atoms with van der Waals surface area (Å²) in [6.07, 6.45) is 0.932. The van der Waals surface area contributed by atoms with Crippen LogP contribution in [-0.4, -0.2) is 6.54 Å². The zero-order chi connectivity index (χ0) is 13.8. The first-order valence-corrected chi connectivity index (χ1v) is 6.99. The van der Waals surface area contributed by atoms with Gasteiger partial charge in [-0.15, -0.1) is 0 Å². The Kier molecular flexibility index (Phi) is 4.62. The van der Waals surface area contributed by atoms with Crippen molar-refractivity contribution in [3.63, 3.8) is 0 Å². The largest absolute Gasteiger partial charge is 0.330 e. The molecular formula is C17H20ClN. The summed E-state index contributed by atoms with van der Waals surface area (Å²) in [6, 6.07) is 14.6. The second-order valence-electron chi connectivity index (χ2n) is 5.13. The second-order valence-corrected chi connectivity index (χ2v) is 5.56. The van der Waals surface area contributed by atoms with E-state index in [0.717, 1.165) is 11.4 Å². The summed E-state index contributed by atoms with van der Waals surface area (Å²) in [5.74, 6) is 0.346. The lowest BCUT2D eigenvalue weighted by Crippen LogP contribution is -2.16. The molecule has 0 aromatic heterocycles. The molecule has 0 saturated carbocycles. The van der Waals surface area contributed by atoms with Gasteiger partial charge in [-0.05, 0) is 55.6 Å². The smallest absolute Gasteiger partial charge is 0.0408 e. The Labute approximate surface area is 120 Å². The summed E-state index contributed by atoms with van der Waals surface area (Å²) < 4.78 is 0. The number of rotatable bonds is 4. The van der Waals surface area contributed by atoms with Crippen molar-refractivity contribution in [3.8, 4) is 0 Å². The third kappa shape index (κ3) is 3.59. The number of hydrogen-bond donors (Lipinski definition) is 1. The van der Waals surface area contributed by atoms with Crippen LogP contribution < -0.4 is 5.73 Å². The molecule has 1 atom stereocenters. The molecule has 0 aliphatic rings. The van der Waals surface area contributed by atoms with Crippen LogP contribution in [0.2, 0.25) is 5.02 Å². The van der Waals surface area contributed by atoms with Crippen molar-refractivity contribution in [2.24, 2.45) is 5.73 Å². The highest BCUT2D eigenvalue weighted by Crippen LogP contribution is 2.25. The van der Waals surface area contributed by atoms with E-state index in [-0.39, 0.29) is 0 Å². The zero-order valence-corrected chi connectivity index (χ0v) is 12.2. The summed E-state index contributed by atoms with van der Waals surface area (Å²) in [5.41, 5.74) is 11.2. The van der Waals surface area contributed by atoms with Gasteiger partial charge in [-0.1, -0.05) is 47.5 Å². The molecule has 1 nitrogen and oxygen atoms in total. The molecule has 1 unspecified atom stereocenters. The van der Waals surface area contributed by atoms with E-state index in [1.807, 2.05) is 18.2 Å². The van der Waals surface area contributed by atoms with Crippen molar-refractivity contribution >= 4 is 11.6 Å². The second kappa shape index (κ2) is 6.23. The van der Waals surface area contributed by atoms with E-state index in [1.54, 1.807) is 0 Å². The lowest BCUT2D eigenvalue weighted by atomic mass is 9.88. The Bertz CT molecular complexity index is 563. The van der Waals surface area contributed by atoms with Crippen LogP contribution in [0, 0.1) is 13.8 Å². The van der Waals surface area contributed by atoms with Gasteiger partial charge in [0.05, 0.1) is 0 Å². The lowest BCUT2D eigenvalue weighted by Gasteiger charge is -2.18. The SMILES string of the molecule is Cc1ccc(C)c(C(CN)Cc2cccc(Cl)c2)c1. The van der Waals surface area contributed by atoms with E-state index in [9.17, 15) is 0 Å². The molecule has 0 spiro atoms. The van der Waals surface area contributed by atoms with Gasteiger partial charge in [-0.2, -0.15) is 0 Å². The molecule has 0 radical (unpaired) electrons. The number of hydrogen-bond acceptors (Lipinski definition) is 1. The molecule has 19 heavy (non-hydrogen) atoms. The van der Waals surface area contributed by atoms with Crippen molar-refractivity contribution in [1.82, 2.24) is 0 Å². The Morgan fingerprint density at radius 1 is 1.11 bits per heavy atom. The third-order valence-electron chi connectivity index (χ3n) is 3.53. The highest BCUT2D eigenvalue weighted by molar-refractivity contribution is 6.30. The maximum absolute atomic E-state index is 6.04. The summed E-state index contributed by atoms with van der Waals surface area (Å²) in [6.45, 7) is 4.92. The first-order chi connectivity index (χ1) is 9.10. The maximum Gasteiger partial charge on any atom is 0.0408 e. The quantitative estimate of drug-likeness (QED) is 0.886. The number of halogens is 1. The van der Waals surface area contributed by atoms with Crippen LogP contribution in [0.4, 0.5) is 0 Å². The lowest BCUT2D eigenvalue weighted by molar-refractivity contribution is 0.689. The molecule has 2 N–H and O–H groups in total. The van der Waals surface area contributed by atoms with Gasteiger partial charge in [0.15, 0.2) is 0 Å². The van der Waals surface area contributed by atoms with Crippen LogP contribution in [0.25, 0.3) is 0 Å². The van der Waals surface area contributed by atoms with Gasteiger partial charge >= 0.3 is 0 Å². The molecule has 100 valence electrons. The van der Waals surface area contributed by atoms with Crippen molar-refractivity contribution in [2.75, 3.05) is 6.54 Å². The molecular weight excluding hydrogens is 254 g/mol. The Balaban J connectivity index is 2.27. The van der Waals surface area contributed by atoms with Crippen LogP contribution in [0.15, 0.2) is 42.5 Å². The molecule has 2 rings (SSSR count). The topological polar surface area (TPSA) is 26.0 Å². The van der Waals surface area contributed by atoms with Gasteiger partial charge in [0.25, 0.3) is 0 Å². The van der Waals surface area contributed by atoms with Crippen molar-refractivity contribution in [3.05, 3.63) is 69.7 Å².